The van der Waals surface area contributed by atoms with E-state index in [0.717, 1.165) is 32.1 Å². The second kappa shape index (κ2) is 4.83. The summed E-state index contributed by atoms with van der Waals surface area (Å²) in [7, 11) is 0. The number of hydrogen-bond acceptors (Lipinski definition) is 3. The van der Waals surface area contributed by atoms with E-state index >= 15 is 0 Å². The van der Waals surface area contributed by atoms with Gasteiger partial charge in [0.1, 0.15) is 0 Å². The van der Waals surface area contributed by atoms with Gasteiger partial charge in [0.05, 0.1) is 22.3 Å². The molecule has 0 aliphatic heterocycles. The molecule has 1 amide bonds. The van der Waals surface area contributed by atoms with Crippen LogP contribution >= 0.6 is 12.2 Å². The molecule has 2 rings (SSSR count). The molecule has 92 valence electrons. The fraction of sp³-hybridized carbons (Fsp3) is 0.545. The zero-order chi connectivity index (χ0) is 12.3. The van der Waals surface area contributed by atoms with Crippen LogP contribution in [-0.4, -0.2) is 21.1 Å². The summed E-state index contributed by atoms with van der Waals surface area (Å²) in [6, 6.07) is 0. The predicted octanol–water partition coefficient (Wildman–Crippen LogP) is 1.58. The monoisotopic (exact) mass is 252 g/mol. The highest BCUT2D eigenvalue weighted by Crippen LogP contribution is 2.37. The van der Waals surface area contributed by atoms with Crippen molar-refractivity contribution in [2.75, 3.05) is 5.32 Å². The maximum atomic E-state index is 12.3. The number of nitrogens with one attached hydrogen (secondary N) is 2. The molecule has 17 heavy (non-hydrogen) atoms. The molecule has 0 atom stereocenters. The number of thiocarbonyl (C=S) groups is 1. The lowest BCUT2D eigenvalue weighted by Gasteiger charge is -2.34. The number of aromatic amines is 1. The molecular formula is C11H16N4OS. The van der Waals surface area contributed by atoms with Crippen LogP contribution in [0.1, 0.15) is 32.1 Å². The number of anilines is 1. The van der Waals surface area contributed by atoms with Gasteiger partial charge in [-0.1, -0.05) is 31.5 Å². The van der Waals surface area contributed by atoms with Crippen molar-refractivity contribution in [1.82, 2.24) is 10.2 Å². The van der Waals surface area contributed by atoms with Gasteiger partial charge in [0.15, 0.2) is 0 Å². The first-order valence-electron chi connectivity index (χ1n) is 5.75. The summed E-state index contributed by atoms with van der Waals surface area (Å²) in [6.07, 6.45) is 7.82. The molecule has 0 saturated heterocycles. The first-order chi connectivity index (χ1) is 8.15. The third-order valence-corrected chi connectivity index (χ3v) is 3.76. The molecule has 1 saturated carbocycles. The standard InChI is InChI=1S/C11H16N4OS/c12-9(17)11(4-2-1-3-5-11)10(16)15-8-6-13-14-7-8/h6-7H,1-5H2,(H2,12,17)(H,13,14)(H,15,16). The molecule has 5 nitrogen and oxygen atoms in total. The Morgan fingerprint density at radius 2 is 2.18 bits per heavy atom. The molecule has 0 unspecified atom stereocenters. The van der Waals surface area contributed by atoms with Gasteiger partial charge in [-0.3, -0.25) is 9.89 Å². The molecule has 1 aromatic heterocycles. The molecule has 6 heteroatoms. The molecule has 1 aliphatic carbocycles. The van der Waals surface area contributed by atoms with Gasteiger partial charge in [-0.2, -0.15) is 5.10 Å². The fourth-order valence-electron chi connectivity index (χ4n) is 2.31. The van der Waals surface area contributed by atoms with Gasteiger partial charge in [0.2, 0.25) is 5.91 Å². The molecule has 4 N–H and O–H groups in total. The van der Waals surface area contributed by atoms with E-state index < -0.39 is 5.41 Å². The summed E-state index contributed by atoms with van der Waals surface area (Å²) in [4.78, 5) is 12.6. The Morgan fingerprint density at radius 1 is 1.47 bits per heavy atom. The SMILES string of the molecule is NC(=S)C1(C(=O)Nc2cn[nH]c2)CCCCC1. The van der Waals surface area contributed by atoms with E-state index in [1.807, 2.05) is 0 Å². The number of carbonyl (C=O) groups is 1. The molecule has 1 aromatic rings. The average molecular weight is 252 g/mol. The molecule has 0 aromatic carbocycles. The van der Waals surface area contributed by atoms with Gasteiger partial charge in [0.25, 0.3) is 0 Å². The van der Waals surface area contributed by atoms with Crippen molar-refractivity contribution in [1.29, 1.82) is 0 Å². The number of nitrogens with two attached hydrogens (primary N) is 1. The number of nitrogens with zero attached hydrogens (tertiary/aromatic N) is 1. The minimum absolute atomic E-state index is 0.105. The number of aromatic nitrogens is 2. The highest BCUT2D eigenvalue weighted by molar-refractivity contribution is 7.80. The van der Waals surface area contributed by atoms with Crippen LogP contribution in [0.2, 0.25) is 0 Å². The van der Waals surface area contributed by atoms with Crippen molar-refractivity contribution in [3.05, 3.63) is 12.4 Å². The van der Waals surface area contributed by atoms with Crippen molar-refractivity contribution in [2.45, 2.75) is 32.1 Å². The lowest BCUT2D eigenvalue weighted by atomic mass is 9.73. The molecule has 0 spiro atoms. The van der Waals surface area contributed by atoms with E-state index in [-0.39, 0.29) is 5.91 Å². The summed E-state index contributed by atoms with van der Waals surface area (Å²) in [6.45, 7) is 0. The maximum absolute atomic E-state index is 12.3. The van der Waals surface area contributed by atoms with Crippen LogP contribution in [-0.2, 0) is 4.79 Å². The van der Waals surface area contributed by atoms with Gasteiger partial charge in [-0.05, 0) is 12.8 Å². The number of hydrogen-bond donors (Lipinski definition) is 3. The highest BCUT2D eigenvalue weighted by Gasteiger charge is 2.42. The van der Waals surface area contributed by atoms with Crippen LogP contribution in [0.4, 0.5) is 5.69 Å². The average Bonchev–Trinajstić information content (AvgIpc) is 2.82. The van der Waals surface area contributed by atoms with Crippen LogP contribution in [0.15, 0.2) is 12.4 Å². The summed E-state index contributed by atoms with van der Waals surface area (Å²) < 4.78 is 0. The van der Waals surface area contributed by atoms with Crippen molar-refractivity contribution in [3.8, 4) is 0 Å². The van der Waals surface area contributed by atoms with Crippen molar-refractivity contribution < 1.29 is 4.79 Å². The van der Waals surface area contributed by atoms with E-state index in [4.69, 9.17) is 18.0 Å². The summed E-state index contributed by atoms with van der Waals surface area (Å²) >= 11 is 5.09. The molecule has 1 fully saturated rings. The summed E-state index contributed by atoms with van der Waals surface area (Å²) in [5, 5.41) is 9.25. The second-order valence-corrected chi connectivity index (χ2v) is 4.89. The quantitative estimate of drug-likeness (QED) is 0.713. The lowest BCUT2D eigenvalue weighted by Crippen LogP contribution is -2.47. The first-order valence-corrected chi connectivity index (χ1v) is 6.16. The normalized spacial score (nSPS) is 18.6. The molecule has 0 radical (unpaired) electrons. The van der Waals surface area contributed by atoms with Crippen LogP contribution in [0.25, 0.3) is 0 Å². The van der Waals surface area contributed by atoms with Crippen molar-refractivity contribution in [3.63, 3.8) is 0 Å². The summed E-state index contributed by atoms with van der Waals surface area (Å²) in [5.41, 5.74) is 5.75. The third-order valence-electron chi connectivity index (χ3n) is 3.37. The van der Waals surface area contributed by atoms with Crippen molar-refractivity contribution >= 4 is 28.8 Å². The van der Waals surface area contributed by atoms with E-state index in [1.54, 1.807) is 12.4 Å². The van der Waals surface area contributed by atoms with Gasteiger partial charge in [0, 0.05) is 6.20 Å². The number of H-pyrrole nitrogens is 1. The zero-order valence-corrected chi connectivity index (χ0v) is 10.3. The molecule has 1 aliphatic rings. The lowest BCUT2D eigenvalue weighted by molar-refractivity contribution is -0.123. The Hall–Kier alpha value is -1.43. The minimum Gasteiger partial charge on any atom is -0.392 e. The van der Waals surface area contributed by atoms with Crippen LogP contribution in [0.3, 0.4) is 0 Å². The Kier molecular flexibility index (Phi) is 3.42. The third kappa shape index (κ3) is 2.31. The van der Waals surface area contributed by atoms with Crippen LogP contribution in [0.5, 0.6) is 0 Å². The Morgan fingerprint density at radius 3 is 2.71 bits per heavy atom. The van der Waals surface area contributed by atoms with Crippen molar-refractivity contribution in [2.24, 2.45) is 11.1 Å². The minimum atomic E-state index is -0.676. The van der Waals surface area contributed by atoms with Crippen LogP contribution in [0, 0.1) is 5.41 Å². The first kappa shape index (κ1) is 12.0. The number of amides is 1. The topological polar surface area (TPSA) is 83.8 Å². The van der Waals surface area contributed by atoms with E-state index in [0.29, 0.717) is 10.7 Å². The van der Waals surface area contributed by atoms with Gasteiger partial charge >= 0.3 is 0 Å². The van der Waals surface area contributed by atoms with E-state index in [1.165, 1.54) is 0 Å². The fourth-order valence-corrected chi connectivity index (χ4v) is 2.61. The highest BCUT2D eigenvalue weighted by atomic mass is 32.1. The Balaban J connectivity index is 2.15. The smallest absolute Gasteiger partial charge is 0.237 e. The van der Waals surface area contributed by atoms with Gasteiger partial charge < -0.3 is 11.1 Å². The van der Waals surface area contributed by atoms with Gasteiger partial charge in [-0.15, -0.1) is 0 Å². The van der Waals surface area contributed by atoms with E-state index in [2.05, 4.69) is 15.5 Å². The van der Waals surface area contributed by atoms with E-state index in [9.17, 15) is 4.79 Å². The molecule has 1 heterocycles. The molecular weight excluding hydrogens is 236 g/mol. The molecule has 0 bridgehead atoms. The predicted molar refractivity (Wildman–Crippen MR) is 69.5 cm³/mol. The zero-order valence-electron chi connectivity index (χ0n) is 9.53. The Labute approximate surface area is 105 Å². The largest absolute Gasteiger partial charge is 0.392 e. The maximum Gasteiger partial charge on any atom is 0.237 e. The van der Waals surface area contributed by atoms with Gasteiger partial charge in [-0.25, -0.2) is 0 Å². The Bertz CT molecular complexity index is 409. The van der Waals surface area contributed by atoms with Crippen LogP contribution < -0.4 is 11.1 Å². The second-order valence-electron chi connectivity index (χ2n) is 4.45. The number of rotatable bonds is 3. The number of carbonyl (C=O) groups excluding carboxylic acids is 1. The summed E-state index contributed by atoms with van der Waals surface area (Å²) in [5.74, 6) is -0.105.